The van der Waals surface area contributed by atoms with Crippen molar-refractivity contribution in [2.24, 2.45) is 23.7 Å². The van der Waals surface area contributed by atoms with E-state index >= 15 is 0 Å². The summed E-state index contributed by atoms with van der Waals surface area (Å²) < 4.78 is 1.00. The minimum absolute atomic E-state index is 0.0151. The Balaban J connectivity index is 1.81. The van der Waals surface area contributed by atoms with E-state index in [-0.39, 0.29) is 16.6 Å². The van der Waals surface area contributed by atoms with Crippen molar-refractivity contribution in [3.8, 4) is 0 Å². The number of anilines is 2. The molecule has 0 saturated heterocycles. The zero-order chi connectivity index (χ0) is 27.1. The smallest absolute Gasteiger partial charge is 0.196 e. The van der Waals surface area contributed by atoms with Gasteiger partial charge in [0, 0.05) is 39.4 Å². The van der Waals surface area contributed by atoms with Gasteiger partial charge >= 0.3 is 0 Å². The van der Waals surface area contributed by atoms with E-state index in [2.05, 4.69) is 41.5 Å². The van der Waals surface area contributed by atoms with Crippen LogP contribution >= 0.6 is 34.9 Å². The predicted octanol–water partition coefficient (Wildman–Crippen LogP) is 9.88. The highest BCUT2D eigenvalue weighted by Crippen LogP contribution is 2.55. The third-order valence-corrected chi connectivity index (χ3v) is 11.5. The third kappa shape index (κ3) is 5.72. The lowest BCUT2D eigenvalue weighted by molar-refractivity contribution is 0.103. The van der Waals surface area contributed by atoms with E-state index in [0.717, 1.165) is 47.0 Å². The van der Waals surface area contributed by atoms with Crippen LogP contribution in [0.2, 0.25) is 0 Å². The topological polar surface area (TPSA) is 46.3 Å². The molecule has 4 rings (SSSR count). The van der Waals surface area contributed by atoms with Gasteiger partial charge in [0.1, 0.15) is 0 Å². The number of carbonyl (C=O) groups is 1. The van der Waals surface area contributed by atoms with E-state index < -0.39 is 0 Å². The highest BCUT2D eigenvalue weighted by molar-refractivity contribution is 7.16. The number of nitrogens with two attached hydrogens (primary N) is 1. The first-order chi connectivity index (χ1) is 17.4. The lowest BCUT2D eigenvalue weighted by atomic mass is 9.61. The Bertz CT molecular complexity index is 1110. The molecule has 6 heteroatoms. The third-order valence-electron chi connectivity index (χ3n) is 9.77. The number of nitrogens with zero attached hydrogens (tertiary/aromatic N) is 1. The van der Waals surface area contributed by atoms with Gasteiger partial charge in [-0.2, -0.15) is 3.94 Å². The number of rotatable bonds is 7. The molecule has 1 aromatic heterocycles. The summed E-state index contributed by atoms with van der Waals surface area (Å²) in [6.45, 7) is 14.2. The molecular weight excluding hydrogens is 519 g/mol. The molecule has 2 aliphatic rings. The first kappa shape index (κ1) is 28.8. The summed E-state index contributed by atoms with van der Waals surface area (Å²) in [5, 5.41) is 0.661. The van der Waals surface area contributed by atoms with Crippen LogP contribution in [0, 0.1) is 23.7 Å². The summed E-state index contributed by atoms with van der Waals surface area (Å²) in [4.78, 5) is 15.6. The van der Waals surface area contributed by atoms with E-state index in [1.54, 1.807) is 23.5 Å². The molecule has 204 valence electrons. The average molecular weight is 564 g/mol. The molecule has 0 unspecified atom stereocenters. The largest absolute Gasteiger partial charge is 0.390 e. The minimum Gasteiger partial charge on any atom is -0.390 e. The van der Waals surface area contributed by atoms with Crippen molar-refractivity contribution in [3.05, 3.63) is 45.8 Å². The number of nitrogen functional groups attached to an aromatic ring is 1. The number of hydrogen-bond acceptors (Lipinski definition) is 4. The summed E-state index contributed by atoms with van der Waals surface area (Å²) in [7, 11) is 0. The summed E-state index contributed by atoms with van der Waals surface area (Å²) in [5.41, 5.74) is 9.92. The maximum atomic E-state index is 14.2. The molecule has 0 atom stereocenters. The minimum atomic E-state index is -0.0552. The molecular formula is C31H44Cl2N2OS. The Morgan fingerprint density at radius 2 is 1.46 bits per heavy atom. The standard InChI is InChI=1S/C31H44Cl2N2OS/c1-19(2)21-10-14-30(5,15-11-21)26-25(27(36)23-8-7-9-24(18-23)35(32)33)29(34)37-28(26)31(6)16-12-22(13-17-31)20(3)4/h7-9,18-22H,10-17,34H2,1-6H3. The Morgan fingerprint density at radius 1 is 0.946 bits per heavy atom. The van der Waals surface area contributed by atoms with Gasteiger partial charge in [-0.05, 0) is 98.1 Å². The Morgan fingerprint density at radius 3 is 1.95 bits per heavy atom. The molecule has 3 nitrogen and oxygen atoms in total. The first-order valence-corrected chi connectivity index (χ1v) is 15.5. The van der Waals surface area contributed by atoms with Crippen molar-refractivity contribution < 1.29 is 4.79 Å². The molecule has 2 saturated carbocycles. The summed E-state index contributed by atoms with van der Waals surface area (Å²) in [5.74, 6) is 2.92. The number of carbonyl (C=O) groups excluding carboxylic acids is 1. The summed E-state index contributed by atoms with van der Waals surface area (Å²) in [6, 6.07) is 7.23. The van der Waals surface area contributed by atoms with Crippen LogP contribution in [-0.2, 0) is 10.8 Å². The zero-order valence-corrected chi connectivity index (χ0v) is 25.7. The van der Waals surface area contributed by atoms with Crippen LogP contribution in [0.4, 0.5) is 10.7 Å². The van der Waals surface area contributed by atoms with Crippen LogP contribution < -0.4 is 9.67 Å². The van der Waals surface area contributed by atoms with E-state index in [4.69, 9.17) is 29.3 Å². The van der Waals surface area contributed by atoms with Gasteiger partial charge in [-0.15, -0.1) is 11.3 Å². The lowest BCUT2D eigenvalue weighted by Crippen LogP contribution is -2.36. The molecule has 0 spiro atoms. The van der Waals surface area contributed by atoms with Gasteiger partial charge in [-0.3, -0.25) is 4.79 Å². The fraction of sp³-hybridized carbons (Fsp3) is 0.645. The Kier molecular flexibility index (Phi) is 8.63. The van der Waals surface area contributed by atoms with Gasteiger partial charge in [0.25, 0.3) is 0 Å². The van der Waals surface area contributed by atoms with Gasteiger partial charge < -0.3 is 5.73 Å². The van der Waals surface area contributed by atoms with Gasteiger partial charge in [-0.1, -0.05) is 53.7 Å². The van der Waals surface area contributed by atoms with Crippen LogP contribution in [0.15, 0.2) is 24.3 Å². The fourth-order valence-electron chi connectivity index (χ4n) is 6.94. The Hall–Kier alpha value is -1.23. The zero-order valence-electron chi connectivity index (χ0n) is 23.4. The number of ketones is 1. The monoisotopic (exact) mass is 562 g/mol. The van der Waals surface area contributed by atoms with Crippen molar-refractivity contribution in [1.29, 1.82) is 0 Å². The highest BCUT2D eigenvalue weighted by atomic mass is 35.5. The quantitative estimate of drug-likeness (QED) is 0.269. The van der Waals surface area contributed by atoms with Gasteiger partial charge in [0.05, 0.1) is 16.3 Å². The van der Waals surface area contributed by atoms with Gasteiger partial charge in [-0.25, -0.2) is 0 Å². The van der Waals surface area contributed by atoms with Crippen LogP contribution in [0.1, 0.15) is 119 Å². The molecule has 0 amide bonds. The van der Waals surface area contributed by atoms with E-state index in [0.29, 0.717) is 28.1 Å². The van der Waals surface area contributed by atoms with Crippen molar-refractivity contribution in [1.82, 2.24) is 0 Å². The molecule has 2 aromatic rings. The molecule has 2 aliphatic carbocycles. The van der Waals surface area contributed by atoms with Crippen molar-refractivity contribution in [3.63, 3.8) is 0 Å². The number of benzene rings is 1. The molecule has 1 aromatic carbocycles. The van der Waals surface area contributed by atoms with E-state index in [9.17, 15) is 4.79 Å². The number of halogens is 2. The van der Waals surface area contributed by atoms with Crippen LogP contribution in [-0.4, -0.2) is 5.78 Å². The predicted molar refractivity (Wildman–Crippen MR) is 161 cm³/mol. The van der Waals surface area contributed by atoms with Crippen molar-refractivity contribution in [2.75, 3.05) is 9.67 Å². The molecule has 0 bridgehead atoms. The molecule has 0 radical (unpaired) electrons. The van der Waals surface area contributed by atoms with Crippen LogP contribution in [0.3, 0.4) is 0 Å². The molecule has 2 N–H and O–H groups in total. The molecule has 37 heavy (non-hydrogen) atoms. The fourth-order valence-corrected chi connectivity index (χ4v) is 8.56. The molecule has 2 fully saturated rings. The van der Waals surface area contributed by atoms with Crippen LogP contribution in [0.5, 0.6) is 0 Å². The highest BCUT2D eigenvalue weighted by Gasteiger charge is 2.45. The second-order valence-electron chi connectivity index (χ2n) is 12.9. The van der Waals surface area contributed by atoms with Crippen molar-refractivity contribution in [2.45, 2.75) is 104 Å². The second kappa shape index (κ2) is 11.1. The second-order valence-corrected chi connectivity index (χ2v) is 14.8. The summed E-state index contributed by atoms with van der Waals surface area (Å²) >= 11 is 13.7. The lowest BCUT2D eigenvalue weighted by Gasteiger charge is -2.44. The van der Waals surface area contributed by atoms with E-state index in [1.807, 2.05) is 12.1 Å². The SMILES string of the molecule is CC(C)C1CCC(C)(c2sc(N)c(C(=O)c3cccc(N(Cl)Cl)c3)c2C2(C)CCC(C(C)C)CC2)CC1. The summed E-state index contributed by atoms with van der Waals surface area (Å²) in [6.07, 6.45) is 9.39. The number of hydrogen-bond donors (Lipinski definition) is 1. The maximum Gasteiger partial charge on any atom is 0.196 e. The van der Waals surface area contributed by atoms with Crippen molar-refractivity contribution >= 4 is 51.4 Å². The van der Waals surface area contributed by atoms with Gasteiger partial charge in [0.15, 0.2) is 5.78 Å². The average Bonchev–Trinajstić information content (AvgIpc) is 3.23. The molecule has 0 aliphatic heterocycles. The number of thiophene rings is 1. The van der Waals surface area contributed by atoms with E-state index in [1.165, 1.54) is 36.1 Å². The first-order valence-electron chi connectivity index (χ1n) is 14.1. The normalized spacial score (nSPS) is 28.6. The Labute approximate surface area is 238 Å². The van der Waals surface area contributed by atoms with Crippen LogP contribution in [0.25, 0.3) is 0 Å². The van der Waals surface area contributed by atoms with Gasteiger partial charge in [0.2, 0.25) is 0 Å². The molecule has 1 heterocycles. The maximum absolute atomic E-state index is 14.2.